The van der Waals surface area contributed by atoms with E-state index in [0.717, 1.165) is 19.3 Å². The maximum absolute atomic E-state index is 9.04. The molecule has 1 fully saturated rings. The molecule has 9 heavy (non-hydrogen) atoms. The summed E-state index contributed by atoms with van der Waals surface area (Å²) in [6.07, 6.45) is 3.95. The minimum Gasteiger partial charge on any atom is -0.368 e. The highest BCUT2D eigenvalue weighted by molar-refractivity contribution is 4.58. The van der Waals surface area contributed by atoms with Crippen molar-refractivity contribution < 1.29 is 9.84 Å². The molecule has 1 heterocycles. The highest BCUT2D eigenvalue weighted by Gasteiger charge is 2.13. The normalized spacial score (nSPS) is 38.0. The van der Waals surface area contributed by atoms with Crippen molar-refractivity contribution in [3.05, 3.63) is 0 Å². The predicted molar refractivity (Wildman–Crippen MR) is 35.0 cm³/mol. The topological polar surface area (TPSA) is 29.5 Å². The van der Waals surface area contributed by atoms with Gasteiger partial charge in [-0.2, -0.15) is 0 Å². The van der Waals surface area contributed by atoms with Crippen LogP contribution in [0.5, 0.6) is 0 Å². The van der Waals surface area contributed by atoms with Crippen LogP contribution in [0, 0.1) is 0 Å². The molecule has 0 aromatic carbocycles. The molecule has 0 radical (unpaired) electrons. The fraction of sp³-hybridized carbons (Fsp3) is 1.00. The maximum Gasteiger partial charge on any atom is 0.154 e. The lowest BCUT2D eigenvalue weighted by Gasteiger charge is -2.11. The van der Waals surface area contributed by atoms with Crippen LogP contribution >= 0.6 is 0 Å². The van der Waals surface area contributed by atoms with E-state index in [9.17, 15) is 0 Å². The molecular weight excluding hydrogens is 116 g/mol. The van der Waals surface area contributed by atoms with Crippen LogP contribution in [0.15, 0.2) is 0 Å². The first-order valence-electron chi connectivity index (χ1n) is 3.62. The Morgan fingerprint density at radius 1 is 1.33 bits per heavy atom. The van der Waals surface area contributed by atoms with Gasteiger partial charge in [-0.05, 0) is 26.2 Å². The van der Waals surface area contributed by atoms with Crippen LogP contribution < -0.4 is 0 Å². The first kappa shape index (κ1) is 7.03. The molecule has 1 N–H and O–H groups in total. The fourth-order valence-electron chi connectivity index (χ4n) is 1.15. The number of ether oxygens (including phenoxy) is 1. The van der Waals surface area contributed by atoms with E-state index in [1.165, 1.54) is 6.42 Å². The van der Waals surface area contributed by atoms with Crippen molar-refractivity contribution in [1.29, 1.82) is 0 Å². The van der Waals surface area contributed by atoms with Gasteiger partial charge in [0, 0.05) is 0 Å². The van der Waals surface area contributed by atoms with Crippen LogP contribution in [-0.4, -0.2) is 17.5 Å². The zero-order valence-corrected chi connectivity index (χ0v) is 5.84. The summed E-state index contributed by atoms with van der Waals surface area (Å²) in [5, 5.41) is 9.04. The van der Waals surface area contributed by atoms with Gasteiger partial charge in [0.15, 0.2) is 6.29 Å². The summed E-state index contributed by atoms with van der Waals surface area (Å²) in [7, 11) is 0. The van der Waals surface area contributed by atoms with Crippen molar-refractivity contribution in [1.82, 2.24) is 0 Å². The Kier molecular flexibility index (Phi) is 2.49. The van der Waals surface area contributed by atoms with E-state index in [1.807, 2.05) is 6.92 Å². The molecule has 0 amide bonds. The molecule has 1 saturated heterocycles. The Balaban J connectivity index is 2.29. The largest absolute Gasteiger partial charge is 0.368 e. The molecule has 0 aromatic heterocycles. The first-order chi connectivity index (χ1) is 4.29. The van der Waals surface area contributed by atoms with Gasteiger partial charge in [0.1, 0.15) is 0 Å². The molecule has 1 rings (SSSR count). The quantitative estimate of drug-likeness (QED) is 0.535. The van der Waals surface area contributed by atoms with Crippen molar-refractivity contribution in [3.63, 3.8) is 0 Å². The lowest BCUT2D eigenvalue weighted by molar-refractivity contribution is -0.126. The molecule has 2 heteroatoms. The Morgan fingerprint density at radius 2 is 2.00 bits per heavy atom. The molecule has 0 saturated carbocycles. The standard InChI is InChI=1S/C7H14O2/c1-6-4-2-3-5-7(8)9-6/h6-8H,2-5H2,1H3. The van der Waals surface area contributed by atoms with Crippen molar-refractivity contribution in [2.45, 2.75) is 45.0 Å². The third-order valence-electron chi connectivity index (χ3n) is 1.70. The molecule has 2 nitrogen and oxygen atoms in total. The Hall–Kier alpha value is -0.0800. The minimum atomic E-state index is -0.498. The van der Waals surface area contributed by atoms with Crippen LogP contribution in [0.3, 0.4) is 0 Å². The van der Waals surface area contributed by atoms with Crippen molar-refractivity contribution >= 4 is 0 Å². The molecular formula is C7H14O2. The number of hydrogen-bond donors (Lipinski definition) is 1. The Bertz CT molecular complexity index is 73.0. The third-order valence-corrected chi connectivity index (χ3v) is 1.70. The van der Waals surface area contributed by atoms with Gasteiger partial charge < -0.3 is 9.84 Å². The van der Waals surface area contributed by atoms with E-state index in [-0.39, 0.29) is 6.10 Å². The molecule has 0 aliphatic carbocycles. The summed E-state index contributed by atoms with van der Waals surface area (Å²) in [4.78, 5) is 0. The molecule has 0 spiro atoms. The second-order valence-corrected chi connectivity index (χ2v) is 2.69. The summed E-state index contributed by atoms with van der Waals surface area (Å²) in [6.45, 7) is 2.01. The smallest absolute Gasteiger partial charge is 0.154 e. The average Bonchev–Trinajstić information content (AvgIpc) is 1.93. The monoisotopic (exact) mass is 130 g/mol. The van der Waals surface area contributed by atoms with Gasteiger partial charge in [0.2, 0.25) is 0 Å². The van der Waals surface area contributed by atoms with Crippen molar-refractivity contribution in [2.24, 2.45) is 0 Å². The van der Waals surface area contributed by atoms with Crippen LogP contribution in [0.1, 0.15) is 32.6 Å². The molecule has 1 aliphatic rings. The van der Waals surface area contributed by atoms with E-state index in [2.05, 4.69) is 0 Å². The van der Waals surface area contributed by atoms with Crippen molar-refractivity contribution in [3.8, 4) is 0 Å². The van der Waals surface area contributed by atoms with Gasteiger partial charge in [-0.1, -0.05) is 6.42 Å². The van der Waals surface area contributed by atoms with Gasteiger partial charge >= 0.3 is 0 Å². The zero-order chi connectivity index (χ0) is 6.69. The van der Waals surface area contributed by atoms with Crippen LogP contribution in [0.4, 0.5) is 0 Å². The van der Waals surface area contributed by atoms with Crippen LogP contribution in [-0.2, 0) is 4.74 Å². The van der Waals surface area contributed by atoms with E-state index in [4.69, 9.17) is 9.84 Å². The van der Waals surface area contributed by atoms with Gasteiger partial charge in [0.05, 0.1) is 6.10 Å². The Labute approximate surface area is 55.8 Å². The Morgan fingerprint density at radius 3 is 2.78 bits per heavy atom. The van der Waals surface area contributed by atoms with Crippen LogP contribution in [0.2, 0.25) is 0 Å². The summed E-state index contributed by atoms with van der Waals surface area (Å²) in [5.41, 5.74) is 0. The molecule has 0 bridgehead atoms. The summed E-state index contributed by atoms with van der Waals surface area (Å²) >= 11 is 0. The van der Waals surface area contributed by atoms with E-state index >= 15 is 0 Å². The second-order valence-electron chi connectivity index (χ2n) is 2.69. The maximum atomic E-state index is 9.04. The highest BCUT2D eigenvalue weighted by atomic mass is 16.6. The molecule has 2 unspecified atom stereocenters. The second kappa shape index (κ2) is 3.18. The first-order valence-corrected chi connectivity index (χ1v) is 3.62. The van der Waals surface area contributed by atoms with E-state index in [1.54, 1.807) is 0 Å². The van der Waals surface area contributed by atoms with Gasteiger partial charge in [0.25, 0.3) is 0 Å². The number of aliphatic hydroxyl groups excluding tert-OH is 1. The molecule has 2 atom stereocenters. The predicted octanol–water partition coefficient (Wildman–Crippen LogP) is 1.28. The van der Waals surface area contributed by atoms with Gasteiger partial charge in [-0.3, -0.25) is 0 Å². The van der Waals surface area contributed by atoms with Gasteiger partial charge in [-0.15, -0.1) is 0 Å². The summed E-state index contributed by atoms with van der Waals surface area (Å²) < 4.78 is 5.17. The summed E-state index contributed by atoms with van der Waals surface area (Å²) in [5.74, 6) is 0. The third kappa shape index (κ3) is 2.33. The number of aliphatic hydroxyl groups is 1. The van der Waals surface area contributed by atoms with E-state index in [0.29, 0.717) is 0 Å². The number of hydrogen-bond acceptors (Lipinski definition) is 2. The highest BCUT2D eigenvalue weighted by Crippen LogP contribution is 2.15. The SMILES string of the molecule is CC1CCCCC(O)O1. The van der Waals surface area contributed by atoms with Crippen LogP contribution in [0.25, 0.3) is 0 Å². The average molecular weight is 130 g/mol. The lowest BCUT2D eigenvalue weighted by Crippen LogP contribution is -2.15. The minimum absolute atomic E-state index is 0.252. The zero-order valence-electron chi connectivity index (χ0n) is 5.84. The molecule has 1 aliphatic heterocycles. The fourth-order valence-corrected chi connectivity index (χ4v) is 1.15. The van der Waals surface area contributed by atoms with Gasteiger partial charge in [-0.25, -0.2) is 0 Å². The summed E-state index contributed by atoms with van der Waals surface area (Å²) in [6, 6.07) is 0. The van der Waals surface area contributed by atoms with Crippen molar-refractivity contribution in [2.75, 3.05) is 0 Å². The molecule has 0 aromatic rings. The molecule has 54 valence electrons. The van der Waals surface area contributed by atoms with E-state index < -0.39 is 6.29 Å². The lowest BCUT2D eigenvalue weighted by atomic mass is 10.2. The number of rotatable bonds is 0.